The third-order valence-corrected chi connectivity index (χ3v) is 0.936. The van der Waals surface area contributed by atoms with Crippen molar-refractivity contribution in [1.82, 2.24) is 0 Å². The van der Waals surface area contributed by atoms with Crippen LogP contribution in [0.1, 0.15) is 10.4 Å². The molecule has 0 heterocycles. The summed E-state index contributed by atoms with van der Waals surface area (Å²) in [6.07, 6.45) is 0.833. The predicted octanol–water partition coefficient (Wildman–Crippen LogP) is -0.608. The summed E-state index contributed by atoms with van der Waals surface area (Å²) in [6, 6.07) is 9.10. The van der Waals surface area contributed by atoms with Crippen molar-refractivity contribution in [2.24, 2.45) is 5.50 Å². The summed E-state index contributed by atoms with van der Waals surface area (Å²) in [7, 11) is -2.62. The molecular formula is C7H8NO3P-2. The van der Waals surface area contributed by atoms with Gasteiger partial charge in [0.1, 0.15) is 6.29 Å². The lowest BCUT2D eigenvalue weighted by molar-refractivity contribution is -0.292. The standard InChI is InChI=1S/C7H6O.H2NO2P/c8-6-7-4-2-1-3-5-7;1-4(2)3/h1-6H;1H2/q;-2. The molecule has 0 amide bonds. The lowest BCUT2D eigenvalue weighted by atomic mass is 10.2. The van der Waals surface area contributed by atoms with E-state index < -0.39 is 8.53 Å². The molecule has 0 fully saturated rings. The Balaban J connectivity index is 0.000000261. The van der Waals surface area contributed by atoms with Crippen molar-refractivity contribution >= 4 is 14.8 Å². The van der Waals surface area contributed by atoms with Crippen LogP contribution < -0.4 is 15.3 Å². The Kier molecular flexibility index (Phi) is 6.42. The molecular weight excluding hydrogens is 177 g/mol. The van der Waals surface area contributed by atoms with Crippen molar-refractivity contribution < 1.29 is 14.6 Å². The van der Waals surface area contributed by atoms with Crippen LogP contribution in [0.3, 0.4) is 0 Å². The Morgan fingerprint density at radius 1 is 1.25 bits per heavy atom. The molecule has 0 saturated heterocycles. The molecule has 2 N–H and O–H groups in total. The zero-order valence-corrected chi connectivity index (χ0v) is 7.11. The monoisotopic (exact) mass is 185 g/mol. The van der Waals surface area contributed by atoms with Crippen LogP contribution >= 0.6 is 8.53 Å². The van der Waals surface area contributed by atoms with Crippen molar-refractivity contribution in [1.29, 1.82) is 0 Å². The van der Waals surface area contributed by atoms with Gasteiger partial charge in [0.2, 0.25) is 0 Å². The second kappa shape index (κ2) is 6.88. The summed E-state index contributed by atoms with van der Waals surface area (Å²) in [5, 5.41) is 0. The van der Waals surface area contributed by atoms with Gasteiger partial charge in [-0.25, -0.2) is 8.53 Å². The highest BCUT2D eigenvalue weighted by atomic mass is 31.2. The summed E-state index contributed by atoms with van der Waals surface area (Å²) in [6.45, 7) is 0. The fourth-order valence-corrected chi connectivity index (χ4v) is 0.532. The van der Waals surface area contributed by atoms with E-state index in [4.69, 9.17) is 9.79 Å². The molecule has 0 aromatic heterocycles. The molecule has 0 spiro atoms. The number of hydrogen-bond acceptors (Lipinski definition) is 4. The number of benzene rings is 1. The van der Waals surface area contributed by atoms with Crippen molar-refractivity contribution in [3.8, 4) is 0 Å². The molecule has 1 aromatic carbocycles. The highest BCUT2D eigenvalue weighted by molar-refractivity contribution is 7.39. The van der Waals surface area contributed by atoms with E-state index >= 15 is 0 Å². The molecule has 5 heteroatoms. The van der Waals surface area contributed by atoms with Crippen LogP contribution in [0.15, 0.2) is 30.3 Å². The number of hydrogen-bond donors (Lipinski definition) is 1. The highest BCUT2D eigenvalue weighted by Gasteiger charge is 1.79. The van der Waals surface area contributed by atoms with Crippen molar-refractivity contribution in [3.63, 3.8) is 0 Å². The molecule has 0 aliphatic heterocycles. The van der Waals surface area contributed by atoms with Gasteiger partial charge in [0, 0.05) is 5.56 Å². The molecule has 1 aromatic rings. The maximum Gasteiger partial charge on any atom is 0.150 e. The SMILES string of the molecule is NP([O-])[O-].O=Cc1ccccc1. The van der Waals surface area contributed by atoms with Crippen LogP contribution in [-0.4, -0.2) is 6.29 Å². The van der Waals surface area contributed by atoms with Gasteiger partial charge in [0.25, 0.3) is 0 Å². The number of aldehydes is 1. The topological polar surface area (TPSA) is 89.2 Å². The smallest absolute Gasteiger partial charge is 0.150 e. The zero-order chi connectivity index (χ0) is 9.40. The summed E-state index contributed by atoms with van der Waals surface area (Å²) >= 11 is 0. The van der Waals surface area contributed by atoms with E-state index in [0.717, 1.165) is 11.8 Å². The first-order valence-electron chi connectivity index (χ1n) is 3.06. The van der Waals surface area contributed by atoms with Gasteiger partial charge in [-0.15, -0.1) is 0 Å². The molecule has 0 saturated carbocycles. The first-order chi connectivity index (χ1) is 5.66. The molecule has 0 aliphatic carbocycles. The molecule has 0 unspecified atom stereocenters. The van der Waals surface area contributed by atoms with E-state index in [1.54, 1.807) is 12.1 Å². The first-order valence-corrected chi connectivity index (χ1v) is 4.31. The third kappa shape index (κ3) is 7.31. The Labute approximate surface area is 71.6 Å². The Morgan fingerprint density at radius 2 is 1.67 bits per heavy atom. The largest absolute Gasteiger partial charge is 0.830 e. The molecule has 0 radical (unpaired) electrons. The zero-order valence-electron chi connectivity index (χ0n) is 6.21. The van der Waals surface area contributed by atoms with Gasteiger partial charge in [-0.2, -0.15) is 0 Å². The Hall–Kier alpha value is -0.800. The van der Waals surface area contributed by atoms with Crippen LogP contribution in [0.4, 0.5) is 0 Å². The minimum Gasteiger partial charge on any atom is -0.830 e. The van der Waals surface area contributed by atoms with E-state index in [-0.39, 0.29) is 0 Å². The summed E-state index contributed by atoms with van der Waals surface area (Å²) in [5.74, 6) is 0. The van der Waals surface area contributed by atoms with E-state index in [1.807, 2.05) is 18.2 Å². The molecule has 0 bridgehead atoms. The quantitative estimate of drug-likeness (QED) is 0.467. The second-order valence-electron chi connectivity index (χ2n) is 1.81. The lowest BCUT2D eigenvalue weighted by Crippen LogP contribution is -2.14. The molecule has 12 heavy (non-hydrogen) atoms. The van der Waals surface area contributed by atoms with Gasteiger partial charge in [-0.05, 0) is 0 Å². The average molecular weight is 185 g/mol. The van der Waals surface area contributed by atoms with Crippen molar-refractivity contribution in [2.75, 3.05) is 0 Å². The maximum atomic E-state index is 10.0. The van der Waals surface area contributed by atoms with Crippen LogP contribution in [-0.2, 0) is 0 Å². The fourth-order valence-electron chi connectivity index (χ4n) is 0.532. The number of carbonyl (C=O) groups is 1. The summed E-state index contributed by atoms with van der Waals surface area (Å²) in [4.78, 5) is 27.6. The molecule has 0 atom stereocenters. The minimum absolute atomic E-state index is 0.729. The average Bonchev–Trinajstić information content (AvgIpc) is 2.05. The maximum absolute atomic E-state index is 10.0. The van der Waals surface area contributed by atoms with Gasteiger partial charge in [-0.3, -0.25) is 4.79 Å². The molecule has 4 nitrogen and oxygen atoms in total. The van der Waals surface area contributed by atoms with Crippen LogP contribution in [0.25, 0.3) is 0 Å². The van der Waals surface area contributed by atoms with Crippen LogP contribution in [0, 0.1) is 0 Å². The molecule has 0 aliphatic rings. The van der Waals surface area contributed by atoms with Crippen LogP contribution in [0.5, 0.6) is 0 Å². The van der Waals surface area contributed by atoms with Crippen molar-refractivity contribution in [3.05, 3.63) is 35.9 Å². The lowest BCUT2D eigenvalue weighted by Gasteiger charge is -2.22. The van der Waals surface area contributed by atoms with E-state index in [9.17, 15) is 4.79 Å². The Morgan fingerprint density at radius 3 is 1.92 bits per heavy atom. The summed E-state index contributed by atoms with van der Waals surface area (Å²) in [5.41, 5.74) is 4.79. The third-order valence-electron chi connectivity index (χ3n) is 0.936. The minimum atomic E-state index is -2.62. The molecule has 66 valence electrons. The normalized spacial score (nSPS) is 8.67. The van der Waals surface area contributed by atoms with E-state index in [1.165, 1.54) is 0 Å². The van der Waals surface area contributed by atoms with Crippen molar-refractivity contribution in [2.45, 2.75) is 0 Å². The van der Waals surface area contributed by atoms with Gasteiger partial charge in [-0.1, -0.05) is 30.3 Å². The number of carbonyl (C=O) groups excluding carboxylic acids is 1. The predicted molar refractivity (Wildman–Crippen MR) is 42.9 cm³/mol. The van der Waals surface area contributed by atoms with E-state index in [2.05, 4.69) is 5.50 Å². The van der Waals surface area contributed by atoms with Crippen LogP contribution in [0.2, 0.25) is 0 Å². The summed E-state index contributed by atoms with van der Waals surface area (Å²) < 4.78 is 0. The van der Waals surface area contributed by atoms with Gasteiger partial charge in [0.05, 0.1) is 0 Å². The second-order valence-corrected chi connectivity index (χ2v) is 2.38. The highest BCUT2D eigenvalue weighted by Crippen LogP contribution is 1.91. The van der Waals surface area contributed by atoms with E-state index in [0.29, 0.717) is 0 Å². The molecule has 1 rings (SSSR count). The fraction of sp³-hybridized carbons (Fsp3) is 0. The van der Waals surface area contributed by atoms with Gasteiger partial charge >= 0.3 is 0 Å². The van der Waals surface area contributed by atoms with Gasteiger partial charge in [0.15, 0.2) is 0 Å². The Bertz CT molecular complexity index is 212. The first kappa shape index (κ1) is 11.2. The van der Waals surface area contributed by atoms with Gasteiger partial charge < -0.3 is 15.3 Å². The number of rotatable bonds is 1. The number of nitrogens with two attached hydrogens (primary N) is 1.